The Kier molecular flexibility index (Phi) is 5.28. The lowest BCUT2D eigenvalue weighted by Gasteiger charge is -2.35. The molecule has 2 atom stereocenters. The maximum absolute atomic E-state index is 9.36. The second kappa shape index (κ2) is 6.80. The lowest BCUT2D eigenvalue weighted by atomic mass is 9.83. The van der Waals surface area contributed by atoms with Gasteiger partial charge >= 0.3 is 0 Å². The lowest BCUT2D eigenvalue weighted by Crippen LogP contribution is -2.42. The van der Waals surface area contributed by atoms with Crippen LogP contribution in [0.15, 0.2) is 18.2 Å². The number of nitrogens with one attached hydrogen (secondary N) is 1. The minimum Gasteiger partial charge on any atom is -0.493 e. The van der Waals surface area contributed by atoms with Gasteiger partial charge in [0.1, 0.15) is 5.75 Å². The molecule has 0 spiro atoms. The average molecular weight is 291 g/mol. The molecule has 1 aliphatic heterocycles. The zero-order chi connectivity index (χ0) is 15.5. The highest BCUT2D eigenvalue weighted by atomic mass is 16.5. The number of aryl methyl sites for hydroxylation is 1. The molecule has 2 rings (SSSR count). The second-order valence-corrected chi connectivity index (χ2v) is 7.13. The van der Waals surface area contributed by atoms with Crippen molar-refractivity contribution in [2.75, 3.05) is 13.2 Å². The molecule has 2 N–H and O–H groups in total. The number of ether oxygens (including phenoxy) is 1. The largest absolute Gasteiger partial charge is 0.493 e. The number of rotatable bonds is 4. The van der Waals surface area contributed by atoms with E-state index in [4.69, 9.17) is 4.74 Å². The van der Waals surface area contributed by atoms with Crippen molar-refractivity contribution in [1.29, 1.82) is 0 Å². The topological polar surface area (TPSA) is 41.5 Å². The Labute approximate surface area is 128 Å². The molecule has 1 aliphatic rings. The van der Waals surface area contributed by atoms with Gasteiger partial charge in [0, 0.05) is 24.3 Å². The molecule has 1 aromatic carbocycles. The van der Waals surface area contributed by atoms with Gasteiger partial charge in [-0.25, -0.2) is 0 Å². The van der Waals surface area contributed by atoms with Gasteiger partial charge in [0.2, 0.25) is 0 Å². The number of aliphatic hydroxyl groups excluding tert-OH is 1. The van der Waals surface area contributed by atoms with E-state index in [9.17, 15) is 5.11 Å². The summed E-state index contributed by atoms with van der Waals surface area (Å²) in [5.74, 6) is 1.05. The van der Waals surface area contributed by atoms with Gasteiger partial charge in [0.25, 0.3) is 0 Å². The minimum atomic E-state index is 0.125. The average Bonchev–Trinajstić information content (AvgIpc) is 2.61. The van der Waals surface area contributed by atoms with Crippen molar-refractivity contribution < 1.29 is 9.84 Å². The van der Waals surface area contributed by atoms with Crippen LogP contribution in [0.2, 0.25) is 0 Å². The molecule has 3 heteroatoms. The van der Waals surface area contributed by atoms with E-state index in [0.29, 0.717) is 12.1 Å². The molecule has 21 heavy (non-hydrogen) atoms. The number of aliphatic hydroxyl groups is 1. The predicted molar refractivity (Wildman–Crippen MR) is 86.7 cm³/mol. The maximum Gasteiger partial charge on any atom is 0.126 e. The normalized spacial score (nSPS) is 20.3. The lowest BCUT2D eigenvalue weighted by molar-refractivity contribution is 0.183. The second-order valence-electron chi connectivity index (χ2n) is 7.13. The first kappa shape index (κ1) is 16.3. The first-order valence-electron chi connectivity index (χ1n) is 8.02. The highest BCUT2D eigenvalue weighted by molar-refractivity contribution is 5.43. The first-order chi connectivity index (χ1) is 9.93. The van der Waals surface area contributed by atoms with E-state index in [1.165, 1.54) is 11.1 Å². The molecule has 0 bridgehead atoms. The molecule has 0 radical (unpaired) electrons. The van der Waals surface area contributed by atoms with E-state index in [1.54, 1.807) is 0 Å². The third-order valence-corrected chi connectivity index (χ3v) is 4.37. The molecule has 0 aromatic heterocycles. The van der Waals surface area contributed by atoms with Crippen LogP contribution in [0.4, 0.5) is 0 Å². The zero-order valence-corrected chi connectivity index (χ0v) is 13.8. The van der Waals surface area contributed by atoms with Gasteiger partial charge in [-0.3, -0.25) is 0 Å². The number of para-hydroxylation sites is 1. The van der Waals surface area contributed by atoms with Crippen LogP contribution in [0, 0.1) is 12.3 Å². The van der Waals surface area contributed by atoms with Gasteiger partial charge < -0.3 is 15.2 Å². The highest BCUT2D eigenvalue weighted by Gasteiger charge is 2.29. The van der Waals surface area contributed by atoms with Gasteiger partial charge in [0.15, 0.2) is 0 Å². The van der Waals surface area contributed by atoms with E-state index in [-0.39, 0.29) is 12.0 Å². The van der Waals surface area contributed by atoms with Crippen molar-refractivity contribution in [3.63, 3.8) is 0 Å². The van der Waals surface area contributed by atoms with Gasteiger partial charge in [-0.2, -0.15) is 0 Å². The summed E-state index contributed by atoms with van der Waals surface area (Å²) in [4.78, 5) is 0. The third-order valence-electron chi connectivity index (χ3n) is 4.37. The quantitative estimate of drug-likeness (QED) is 0.890. The molecule has 0 amide bonds. The Balaban J connectivity index is 2.25. The van der Waals surface area contributed by atoms with Crippen LogP contribution >= 0.6 is 0 Å². The third kappa shape index (κ3) is 3.98. The molecule has 3 nitrogen and oxygen atoms in total. The number of hydrogen-bond acceptors (Lipinski definition) is 3. The molecule has 2 unspecified atom stereocenters. The molecule has 0 aliphatic carbocycles. The fraction of sp³-hybridized carbons (Fsp3) is 0.667. The van der Waals surface area contributed by atoms with Crippen LogP contribution in [0.25, 0.3) is 0 Å². The summed E-state index contributed by atoms with van der Waals surface area (Å²) in [6.07, 6.45) is 2.91. The van der Waals surface area contributed by atoms with Crippen molar-refractivity contribution in [3.05, 3.63) is 29.3 Å². The predicted octanol–water partition coefficient (Wildman–Crippen LogP) is 3.60. The maximum atomic E-state index is 9.36. The highest BCUT2D eigenvalue weighted by Crippen LogP contribution is 2.35. The van der Waals surface area contributed by atoms with E-state index < -0.39 is 0 Å². The first-order valence-corrected chi connectivity index (χ1v) is 8.02. The van der Waals surface area contributed by atoms with Crippen LogP contribution in [0.1, 0.15) is 57.2 Å². The standard InChI is InChI=1S/C18H29NO2/c1-13-7-5-8-14-15(9-6-12-21-17(13)14)19-16(10-11-20)18(2,3)4/h5,7-8,15-16,19-20H,6,9-12H2,1-4H3. The molecule has 0 saturated heterocycles. The smallest absolute Gasteiger partial charge is 0.126 e. The molecule has 1 heterocycles. The van der Waals surface area contributed by atoms with Gasteiger partial charge in [-0.05, 0) is 37.2 Å². The number of hydrogen-bond donors (Lipinski definition) is 2. The van der Waals surface area contributed by atoms with Gasteiger partial charge in [0.05, 0.1) is 6.61 Å². The summed E-state index contributed by atoms with van der Waals surface area (Å²) >= 11 is 0. The molecular formula is C18H29NO2. The number of benzene rings is 1. The fourth-order valence-electron chi connectivity index (χ4n) is 3.08. The van der Waals surface area contributed by atoms with Gasteiger partial charge in [-0.15, -0.1) is 0 Å². The van der Waals surface area contributed by atoms with Crippen LogP contribution in [-0.4, -0.2) is 24.4 Å². The summed E-state index contributed by atoms with van der Waals surface area (Å²) in [6.45, 7) is 9.80. The van der Waals surface area contributed by atoms with E-state index in [1.807, 2.05) is 0 Å². The summed E-state index contributed by atoms with van der Waals surface area (Å²) < 4.78 is 5.95. The van der Waals surface area contributed by atoms with Crippen LogP contribution in [0.5, 0.6) is 5.75 Å². The Bertz CT molecular complexity index is 465. The molecule has 1 aromatic rings. The molecule has 0 fully saturated rings. The van der Waals surface area contributed by atoms with Crippen molar-refractivity contribution >= 4 is 0 Å². The van der Waals surface area contributed by atoms with Crippen molar-refractivity contribution in [2.45, 2.75) is 59.0 Å². The van der Waals surface area contributed by atoms with E-state index in [0.717, 1.165) is 31.6 Å². The van der Waals surface area contributed by atoms with Gasteiger partial charge in [-0.1, -0.05) is 39.0 Å². The number of fused-ring (bicyclic) bond motifs is 1. The zero-order valence-electron chi connectivity index (χ0n) is 13.8. The SMILES string of the molecule is Cc1cccc2c1OCCCC2NC(CCO)C(C)(C)C. The van der Waals surface area contributed by atoms with Crippen molar-refractivity contribution in [1.82, 2.24) is 5.32 Å². The molecule has 118 valence electrons. The van der Waals surface area contributed by atoms with Crippen molar-refractivity contribution in [3.8, 4) is 5.75 Å². The molecule has 0 saturated carbocycles. The Morgan fingerprint density at radius 2 is 2.14 bits per heavy atom. The van der Waals surface area contributed by atoms with E-state index >= 15 is 0 Å². The minimum absolute atomic E-state index is 0.125. The van der Waals surface area contributed by atoms with Crippen LogP contribution in [-0.2, 0) is 0 Å². The van der Waals surface area contributed by atoms with Crippen molar-refractivity contribution in [2.24, 2.45) is 5.41 Å². The summed E-state index contributed by atoms with van der Waals surface area (Å²) in [6, 6.07) is 6.98. The monoisotopic (exact) mass is 291 g/mol. The summed E-state index contributed by atoms with van der Waals surface area (Å²) in [7, 11) is 0. The molecular weight excluding hydrogens is 262 g/mol. The van der Waals surface area contributed by atoms with Crippen LogP contribution < -0.4 is 10.1 Å². The summed E-state index contributed by atoms with van der Waals surface area (Å²) in [5, 5.41) is 13.1. The Morgan fingerprint density at radius 1 is 1.38 bits per heavy atom. The Hall–Kier alpha value is -1.06. The summed E-state index contributed by atoms with van der Waals surface area (Å²) in [5.41, 5.74) is 2.59. The van der Waals surface area contributed by atoms with Crippen LogP contribution in [0.3, 0.4) is 0 Å². The Morgan fingerprint density at radius 3 is 2.81 bits per heavy atom. The fourth-order valence-corrected chi connectivity index (χ4v) is 3.08. The van der Waals surface area contributed by atoms with E-state index in [2.05, 4.69) is 51.2 Å².